The predicted octanol–water partition coefficient (Wildman–Crippen LogP) is 0.413. The number of quaternary nitrogens is 1. The van der Waals surface area contributed by atoms with Gasteiger partial charge in [-0.05, 0) is 12.0 Å². The fourth-order valence-corrected chi connectivity index (χ4v) is 2.46. The molecule has 1 fully saturated rings. The van der Waals surface area contributed by atoms with Gasteiger partial charge in [-0.3, -0.25) is 4.79 Å². The van der Waals surface area contributed by atoms with Crippen molar-refractivity contribution in [3.05, 3.63) is 35.9 Å². The number of amides is 1. The lowest BCUT2D eigenvalue weighted by molar-refractivity contribution is -0.884. The highest BCUT2D eigenvalue weighted by atomic mass is 16.1. The highest BCUT2D eigenvalue weighted by Gasteiger charge is 2.20. The standard InChI is InChI=1S/C15H22N2O/c1-17-11-9-14(10-12-17)16-15(18)8-7-13-5-3-2-4-6-13/h2-6,14H,7-12H2,1H3,(H,16,18)/p+1. The maximum Gasteiger partial charge on any atom is 0.220 e. The van der Waals surface area contributed by atoms with Crippen LogP contribution in [0.5, 0.6) is 0 Å². The summed E-state index contributed by atoms with van der Waals surface area (Å²) in [5.74, 6) is 0.198. The molecule has 0 bridgehead atoms. The Kier molecular flexibility index (Phi) is 4.76. The van der Waals surface area contributed by atoms with E-state index in [1.807, 2.05) is 18.2 Å². The lowest BCUT2D eigenvalue weighted by Gasteiger charge is -2.27. The number of carbonyl (C=O) groups excluding carboxylic acids is 1. The first-order valence-electron chi connectivity index (χ1n) is 6.88. The summed E-state index contributed by atoms with van der Waals surface area (Å²) in [6.45, 7) is 2.34. The molecule has 0 aromatic heterocycles. The minimum absolute atomic E-state index is 0.198. The molecule has 18 heavy (non-hydrogen) atoms. The zero-order chi connectivity index (χ0) is 12.8. The average molecular weight is 247 g/mol. The highest BCUT2D eigenvalue weighted by Crippen LogP contribution is 2.04. The third-order valence-corrected chi connectivity index (χ3v) is 3.69. The van der Waals surface area contributed by atoms with Gasteiger partial charge in [0.25, 0.3) is 0 Å². The van der Waals surface area contributed by atoms with Crippen molar-refractivity contribution >= 4 is 5.91 Å². The zero-order valence-corrected chi connectivity index (χ0v) is 11.1. The SMILES string of the molecule is C[NH+]1CCC(NC(=O)CCc2ccccc2)CC1. The van der Waals surface area contributed by atoms with E-state index in [1.165, 1.54) is 18.7 Å². The number of hydrogen-bond donors (Lipinski definition) is 2. The van der Waals surface area contributed by atoms with Crippen molar-refractivity contribution in [3.8, 4) is 0 Å². The summed E-state index contributed by atoms with van der Waals surface area (Å²) in [5.41, 5.74) is 1.24. The van der Waals surface area contributed by atoms with Crippen molar-refractivity contribution in [2.24, 2.45) is 0 Å². The largest absolute Gasteiger partial charge is 0.353 e. The maximum absolute atomic E-state index is 11.8. The Morgan fingerprint density at radius 2 is 1.94 bits per heavy atom. The van der Waals surface area contributed by atoms with E-state index >= 15 is 0 Å². The fourth-order valence-electron chi connectivity index (χ4n) is 2.46. The van der Waals surface area contributed by atoms with E-state index in [0.717, 1.165) is 19.3 Å². The second kappa shape index (κ2) is 6.55. The molecule has 1 saturated heterocycles. The lowest BCUT2D eigenvalue weighted by atomic mass is 10.0. The Bertz CT molecular complexity index is 369. The molecule has 1 aromatic rings. The molecule has 2 rings (SSSR count). The van der Waals surface area contributed by atoms with Crippen LogP contribution in [0.2, 0.25) is 0 Å². The van der Waals surface area contributed by atoms with E-state index in [2.05, 4.69) is 24.5 Å². The molecule has 1 aliphatic heterocycles. The van der Waals surface area contributed by atoms with Crippen LogP contribution in [0.15, 0.2) is 30.3 Å². The highest BCUT2D eigenvalue weighted by molar-refractivity contribution is 5.76. The molecular formula is C15H23N2O+. The van der Waals surface area contributed by atoms with Crippen molar-refractivity contribution in [2.75, 3.05) is 20.1 Å². The summed E-state index contributed by atoms with van der Waals surface area (Å²) >= 11 is 0. The molecule has 2 N–H and O–H groups in total. The molecule has 1 aliphatic rings. The van der Waals surface area contributed by atoms with Crippen molar-refractivity contribution < 1.29 is 9.69 Å². The molecule has 0 radical (unpaired) electrons. The van der Waals surface area contributed by atoms with Crippen LogP contribution in [-0.4, -0.2) is 32.1 Å². The molecule has 1 heterocycles. The molecule has 3 heteroatoms. The van der Waals surface area contributed by atoms with E-state index in [-0.39, 0.29) is 5.91 Å². The van der Waals surface area contributed by atoms with Gasteiger partial charge in [-0.25, -0.2) is 0 Å². The van der Waals surface area contributed by atoms with Crippen LogP contribution in [-0.2, 0) is 11.2 Å². The second-order valence-electron chi connectivity index (χ2n) is 5.28. The van der Waals surface area contributed by atoms with Crippen LogP contribution in [0.25, 0.3) is 0 Å². The summed E-state index contributed by atoms with van der Waals surface area (Å²) in [5, 5.41) is 3.16. The number of likely N-dealkylation sites (tertiary alicyclic amines) is 1. The van der Waals surface area contributed by atoms with Gasteiger partial charge in [-0.2, -0.15) is 0 Å². The Morgan fingerprint density at radius 1 is 1.28 bits per heavy atom. The van der Waals surface area contributed by atoms with Gasteiger partial charge in [0.1, 0.15) is 0 Å². The monoisotopic (exact) mass is 247 g/mol. The van der Waals surface area contributed by atoms with E-state index < -0.39 is 0 Å². The normalized spacial score (nSPS) is 23.6. The van der Waals surface area contributed by atoms with Gasteiger partial charge in [-0.1, -0.05) is 30.3 Å². The molecule has 1 amide bonds. The molecule has 1 aromatic carbocycles. The summed E-state index contributed by atoms with van der Waals surface area (Å²) in [6.07, 6.45) is 3.67. The Morgan fingerprint density at radius 3 is 2.61 bits per heavy atom. The Balaban J connectivity index is 1.69. The molecule has 0 unspecified atom stereocenters. The minimum Gasteiger partial charge on any atom is -0.353 e. The number of aryl methyl sites for hydroxylation is 1. The Hall–Kier alpha value is -1.35. The summed E-state index contributed by atoms with van der Waals surface area (Å²) < 4.78 is 0. The number of piperidine rings is 1. The van der Waals surface area contributed by atoms with Gasteiger partial charge < -0.3 is 10.2 Å². The van der Waals surface area contributed by atoms with Gasteiger partial charge in [0, 0.05) is 25.3 Å². The summed E-state index contributed by atoms with van der Waals surface area (Å²) in [6, 6.07) is 10.6. The van der Waals surface area contributed by atoms with Crippen molar-refractivity contribution in [1.82, 2.24) is 5.32 Å². The van der Waals surface area contributed by atoms with E-state index in [0.29, 0.717) is 12.5 Å². The first-order valence-corrected chi connectivity index (χ1v) is 6.88. The van der Waals surface area contributed by atoms with Crippen LogP contribution in [0.4, 0.5) is 0 Å². The van der Waals surface area contributed by atoms with E-state index in [4.69, 9.17) is 0 Å². The molecule has 0 atom stereocenters. The van der Waals surface area contributed by atoms with Gasteiger partial charge in [0.05, 0.1) is 20.1 Å². The third-order valence-electron chi connectivity index (χ3n) is 3.69. The zero-order valence-electron chi connectivity index (χ0n) is 11.1. The molecule has 3 nitrogen and oxygen atoms in total. The minimum atomic E-state index is 0.198. The smallest absolute Gasteiger partial charge is 0.220 e. The van der Waals surface area contributed by atoms with Crippen LogP contribution in [0, 0.1) is 0 Å². The van der Waals surface area contributed by atoms with Crippen LogP contribution < -0.4 is 10.2 Å². The van der Waals surface area contributed by atoms with Gasteiger partial charge >= 0.3 is 0 Å². The number of hydrogen-bond acceptors (Lipinski definition) is 1. The van der Waals surface area contributed by atoms with Gasteiger partial charge in [0.15, 0.2) is 0 Å². The van der Waals surface area contributed by atoms with Crippen LogP contribution in [0.1, 0.15) is 24.8 Å². The third kappa shape index (κ3) is 4.15. The number of rotatable bonds is 4. The lowest BCUT2D eigenvalue weighted by Crippen LogP contribution is -3.10. The van der Waals surface area contributed by atoms with E-state index in [1.54, 1.807) is 4.90 Å². The number of carbonyl (C=O) groups is 1. The topological polar surface area (TPSA) is 33.5 Å². The molecule has 0 saturated carbocycles. The predicted molar refractivity (Wildman–Crippen MR) is 72.5 cm³/mol. The fraction of sp³-hybridized carbons (Fsp3) is 0.533. The number of nitrogens with one attached hydrogen (secondary N) is 2. The molecule has 0 spiro atoms. The summed E-state index contributed by atoms with van der Waals surface area (Å²) in [7, 11) is 2.22. The van der Waals surface area contributed by atoms with Crippen molar-refractivity contribution in [2.45, 2.75) is 31.7 Å². The van der Waals surface area contributed by atoms with E-state index in [9.17, 15) is 4.79 Å². The number of benzene rings is 1. The van der Waals surface area contributed by atoms with Gasteiger partial charge in [-0.15, -0.1) is 0 Å². The first-order chi connectivity index (χ1) is 8.74. The van der Waals surface area contributed by atoms with Crippen LogP contribution in [0.3, 0.4) is 0 Å². The van der Waals surface area contributed by atoms with Crippen molar-refractivity contribution in [1.29, 1.82) is 0 Å². The molecule has 98 valence electrons. The van der Waals surface area contributed by atoms with Crippen molar-refractivity contribution in [3.63, 3.8) is 0 Å². The van der Waals surface area contributed by atoms with Gasteiger partial charge in [0.2, 0.25) is 5.91 Å². The molecular weight excluding hydrogens is 224 g/mol. The average Bonchev–Trinajstić information content (AvgIpc) is 2.40. The second-order valence-corrected chi connectivity index (χ2v) is 5.28. The van der Waals surface area contributed by atoms with Crippen LogP contribution >= 0.6 is 0 Å². The summed E-state index contributed by atoms with van der Waals surface area (Å²) in [4.78, 5) is 13.4. The quantitative estimate of drug-likeness (QED) is 0.794. The maximum atomic E-state index is 11.8. The Labute approximate surface area is 109 Å². The molecule has 0 aliphatic carbocycles. The first kappa shape index (κ1) is 13.1.